The molecule has 3 heteroatoms. The number of thiophene rings is 1. The standard InChI is InChI=1S/C13H16N2S/c14-9-13(7-10-3-4-11(13)6-10)15-8-12-2-1-5-16-12/h1-2,5,10-11,15H,3-4,6-8H2. The van der Waals surface area contributed by atoms with Crippen LogP contribution in [0.5, 0.6) is 0 Å². The monoisotopic (exact) mass is 232 g/mol. The zero-order valence-corrected chi connectivity index (χ0v) is 10.1. The summed E-state index contributed by atoms with van der Waals surface area (Å²) in [4.78, 5) is 1.33. The Morgan fingerprint density at radius 3 is 3.06 bits per heavy atom. The lowest BCUT2D eigenvalue weighted by Crippen LogP contribution is -2.47. The Kier molecular flexibility index (Phi) is 2.49. The van der Waals surface area contributed by atoms with Crippen LogP contribution in [0.25, 0.3) is 0 Å². The first kappa shape index (κ1) is 10.3. The second kappa shape index (κ2) is 3.87. The third kappa shape index (κ3) is 1.57. The van der Waals surface area contributed by atoms with Gasteiger partial charge in [-0.25, -0.2) is 0 Å². The molecule has 3 atom stereocenters. The van der Waals surface area contributed by atoms with Crippen molar-refractivity contribution in [3.05, 3.63) is 22.4 Å². The van der Waals surface area contributed by atoms with E-state index >= 15 is 0 Å². The summed E-state index contributed by atoms with van der Waals surface area (Å²) in [5.41, 5.74) is -0.215. The van der Waals surface area contributed by atoms with Crippen molar-refractivity contribution in [3.8, 4) is 6.07 Å². The fraction of sp³-hybridized carbons (Fsp3) is 0.615. The molecule has 1 heterocycles. The summed E-state index contributed by atoms with van der Waals surface area (Å²) in [6.45, 7) is 0.856. The van der Waals surface area contributed by atoms with E-state index in [1.165, 1.54) is 24.1 Å². The SMILES string of the molecule is N#CC1(NCc2cccs2)CC2CCC1C2. The largest absolute Gasteiger partial charge is 0.294 e. The molecule has 2 nitrogen and oxygen atoms in total. The predicted octanol–water partition coefficient (Wildman–Crippen LogP) is 2.92. The molecule has 0 aromatic carbocycles. The van der Waals surface area contributed by atoms with Crippen molar-refractivity contribution in [2.24, 2.45) is 11.8 Å². The summed E-state index contributed by atoms with van der Waals surface area (Å²) < 4.78 is 0. The zero-order chi connectivity index (χ0) is 11.0. The second-order valence-electron chi connectivity index (χ2n) is 5.10. The maximum atomic E-state index is 9.46. The van der Waals surface area contributed by atoms with E-state index in [9.17, 15) is 5.26 Å². The summed E-state index contributed by atoms with van der Waals surface area (Å²) in [6, 6.07) is 6.77. The summed E-state index contributed by atoms with van der Waals surface area (Å²) in [5.74, 6) is 1.41. The van der Waals surface area contributed by atoms with Crippen LogP contribution in [-0.2, 0) is 6.54 Å². The normalized spacial score (nSPS) is 36.4. The molecule has 84 valence electrons. The van der Waals surface area contributed by atoms with Crippen molar-refractivity contribution in [3.63, 3.8) is 0 Å². The highest BCUT2D eigenvalue weighted by Crippen LogP contribution is 2.50. The van der Waals surface area contributed by atoms with Gasteiger partial charge >= 0.3 is 0 Å². The number of hydrogen-bond acceptors (Lipinski definition) is 3. The lowest BCUT2D eigenvalue weighted by atomic mass is 9.82. The lowest BCUT2D eigenvalue weighted by Gasteiger charge is -2.32. The van der Waals surface area contributed by atoms with E-state index in [-0.39, 0.29) is 5.54 Å². The quantitative estimate of drug-likeness (QED) is 0.869. The summed E-state index contributed by atoms with van der Waals surface area (Å²) in [7, 11) is 0. The Bertz CT molecular complexity index is 406. The fourth-order valence-electron chi connectivity index (χ4n) is 3.38. The number of rotatable bonds is 3. The molecule has 3 rings (SSSR count). The Morgan fingerprint density at radius 2 is 2.50 bits per heavy atom. The van der Waals surface area contributed by atoms with Gasteiger partial charge in [0.2, 0.25) is 0 Å². The first-order valence-corrected chi connectivity index (χ1v) is 6.89. The Balaban J connectivity index is 1.70. The van der Waals surface area contributed by atoms with Gasteiger partial charge in [0.25, 0.3) is 0 Å². The first-order valence-electron chi connectivity index (χ1n) is 6.01. The van der Waals surface area contributed by atoms with E-state index in [2.05, 4.69) is 28.9 Å². The highest BCUT2D eigenvalue weighted by molar-refractivity contribution is 7.09. The molecule has 1 aromatic rings. The molecule has 2 aliphatic rings. The first-order chi connectivity index (χ1) is 7.82. The van der Waals surface area contributed by atoms with E-state index < -0.39 is 0 Å². The van der Waals surface area contributed by atoms with Crippen LogP contribution in [0, 0.1) is 23.2 Å². The smallest absolute Gasteiger partial charge is 0.110 e. The van der Waals surface area contributed by atoms with E-state index in [1.807, 2.05) is 0 Å². The maximum Gasteiger partial charge on any atom is 0.110 e. The number of nitriles is 1. The van der Waals surface area contributed by atoms with Crippen molar-refractivity contribution in [1.82, 2.24) is 5.32 Å². The van der Waals surface area contributed by atoms with Crippen LogP contribution < -0.4 is 5.32 Å². The number of nitrogens with zero attached hydrogens (tertiary/aromatic N) is 1. The van der Waals surface area contributed by atoms with Gasteiger partial charge in [-0.3, -0.25) is 5.32 Å². The van der Waals surface area contributed by atoms with Gasteiger partial charge in [-0.1, -0.05) is 6.07 Å². The van der Waals surface area contributed by atoms with E-state index in [0.717, 1.165) is 18.9 Å². The molecule has 1 N–H and O–H groups in total. The minimum atomic E-state index is -0.215. The number of nitrogens with one attached hydrogen (secondary N) is 1. The average Bonchev–Trinajstić information content (AvgIpc) is 3.02. The predicted molar refractivity (Wildman–Crippen MR) is 65.0 cm³/mol. The molecule has 0 saturated heterocycles. The lowest BCUT2D eigenvalue weighted by molar-refractivity contribution is 0.274. The number of fused-ring (bicyclic) bond motifs is 2. The summed E-state index contributed by atoms with van der Waals surface area (Å²) in [5, 5.41) is 15.1. The van der Waals surface area contributed by atoms with Crippen LogP contribution in [-0.4, -0.2) is 5.54 Å². The van der Waals surface area contributed by atoms with Crippen molar-refractivity contribution in [2.45, 2.75) is 37.8 Å². The molecule has 3 unspecified atom stereocenters. The molecule has 0 spiro atoms. The fourth-order valence-corrected chi connectivity index (χ4v) is 4.03. The van der Waals surface area contributed by atoms with Crippen molar-refractivity contribution in [2.75, 3.05) is 0 Å². The van der Waals surface area contributed by atoms with E-state index in [4.69, 9.17) is 0 Å². The Hall–Kier alpha value is -0.850. The highest BCUT2D eigenvalue weighted by atomic mass is 32.1. The van der Waals surface area contributed by atoms with Crippen LogP contribution in [0.15, 0.2) is 17.5 Å². The molecule has 2 saturated carbocycles. The molecule has 16 heavy (non-hydrogen) atoms. The topological polar surface area (TPSA) is 35.8 Å². The number of hydrogen-bond donors (Lipinski definition) is 1. The molecule has 1 aromatic heterocycles. The highest BCUT2D eigenvalue weighted by Gasteiger charge is 2.51. The summed E-state index contributed by atoms with van der Waals surface area (Å²) in [6.07, 6.45) is 4.93. The van der Waals surface area contributed by atoms with Crippen LogP contribution in [0.4, 0.5) is 0 Å². The maximum absolute atomic E-state index is 9.46. The minimum Gasteiger partial charge on any atom is -0.294 e. The Morgan fingerprint density at radius 1 is 1.56 bits per heavy atom. The molecule has 2 bridgehead atoms. The third-order valence-corrected chi connectivity index (χ3v) is 5.08. The van der Waals surface area contributed by atoms with Crippen molar-refractivity contribution >= 4 is 11.3 Å². The molecule has 0 radical (unpaired) electrons. The van der Waals surface area contributed by atoms with Gasteiger partial charge in [0.1, 0.15) is 5.54 Å². The molecule has 2 aliphatic carbocycles. The van der Waals surface area contributed by atoms with Crippen LogP contribution >= 0.6 is 11.3 Å². The summed E-state index contributed by atoms with van der Waals surface area (Å²) >= 11 is 1.76. The second-order valence-corrected chi connectivity index (χ2v) is 6.13. The van der Waals surface area contributed by atoms with Gasteiger partial charge in [0.15, 0.2) is 0 Å². The van der Waals surface area contributed by atoms with Crippen LogP contribution in [0.3, 0.4) is 0 Å². The zero-order valence-electron chi connectivity index (χ0n) is 9.28. The molecular formula is C13H16N2S. The van der Waals surface area contributed by atoms with Gasteiger partial charge < -0.3 is 0 Å². The van der Waals surface area contributed by atoms with Gasteiger partial charge in [-0.05, 0) is 49.0 Å². The van der Waals surface area contributed by atoms with E-state index in [1.54, 1.807) is 11.3 Å². The van der Waals surface area contributed by atoms with Crippen LogP contribution in [0.2, 0.25) is 0 Å². The Labute approximate surface area is 100 Å². The molecule has 0 aliphatic heterocycles. The van der Waals surface area contributed by atoms with Crippen molar-refractivity contribution < 1.29 is 0 Å². The molecule has 0 amide bonds. The van der Waals surface area contributed by atoms with Crippen molar-refractivity contribution in [1.29, 1.82) is 5.26 Å². The van der Waals surface area contributed by atoms with E-state index in [0.29, 0.717) is 5.92 Å². The molecule has 2 fully saturated rings. The van der Waals surface area contributed by atoms with Crippen LogP contribution in [0.1, 0.15) is 30.6 Å². The average molecular weight is 232 g/mol. The van der Waals surface area contributed by atoms with Gasteiger partial charge in [-0.15, -0.1) is 11.3 Å². The third-order valence-electron chi connectivity index (χ3n) is 4.21. The molecular weight excluding hydrogens is 216 g/mol. The van der Waals surface area contributed by atoms with Gasteiger partial charge in [0, 0.05) is 11.4 Å². The van der Waals surface area contributed by atoms with Gasteiger partial charge in [-0.2, -0.15) is 5.26 Å². The minimum absolute atomic E-state index is 0.215. The van der Waals surface area contributed by atoms with Gasteiger partial charge in [0.05, 0.1) is 6.07 Å².